The third-order valence-corrected chi connectivity index (χ3v) is 4.09. The molecule has 2 atom stereocenters. The molecule has 0 bridgehead atoms. The van der Waals surface area contributed by atoms with E-state index in [9.17, 15) is 9.90 Å². The quantitative estimate of drug-likeness (QED) is 0.698. The van der Waals surface area contributed by atoms with E-state index in [1.54, 1.807) is 6.92 Å². The van der Waals surface area contributed by atoms with E-state index in [1.807, 2.05) is 60.7 Å². The van der Waals surface area contributed by atoms with E-state index in [4.69, 9.17) is 5.11 Å². The molecule has 3 N–H and O–H groups in total. The van der Waals surface area contributed by atoms with E-state index in [0.29, 0.717) is 18.4 Å². The Morgan fingerprint density at radius 2 is 1.67 bits per heavy atom. The first-order valence-electron chi connectivity index (χ1n) is 8.26. The number of hydrogen-bond acceptors (Lipinski definition) is 3. The third-order valence-electron chi connectivity index (χ3n) is 4.09. The highest BCUT2D eigenvalue weighted by Gasteiger charge is 2.27. The first-order valence-corrected chi connectivity index (χ1v) is 8.26. The summed E-state index contributed by atoms with van der Waals surface area (Å²) >= 11 is 0. The number of amides is 1. The number of rotatable bonds is 8. The zero-order valence-electron chi connectivity index (χ0n) is 14.0. The third kappa shape index (κ3) is 5.18. The van der Waals surface area contributed by atoms with Gasteiger partial charge in [-0.1, -0.05) is 60.7 Å². The number of carbonyl (C=O) groups excluding carboxylic acids is 1. The molecule has 24 heavy (non-hydrogen) atoms. The SMILES string of the molecule is CC(O)(CC(=O)NC(CCCO)c1ccccc1)c1ccccc1. The Morgan fingerprint density at radius 1 is 1.08 bits per heavy atom. The van der Waals surface area contributed by atoms with Crippen LogP contribution in [-0.4, -0.2) is 22.7 Å². The molecule has 0 fully saturated rings. The Hall–Kier alpha value is -2.17. The number of benzene rings is 2. The molecule has 0 spiro atoms. The normalized spacial score (nSPS) is 14.6. The fraction of sp³-hybridized carbons (Fsp3) is 0.350. The van der Waals surface area contributed by atoms with Gasteiger partial charge in [-0.2, -0.15) is 0 Å². The van der Waals surface area contributed by atoms with Crippen molar-refractivity contribution in [3.05, 3.63) is 71.8 Å². The summed E-state index contributed by atoms with van der Waals surface area (Å²) in [5, 5.41) is 22.7. The Labute approximate surface area is 143 Å². The number of aliphatic hydroxyl groups excluding tert-OH is 1. The van der Waals surface area contributed by atoms with E-state index in [2.05, 4.69) is 5.32 Å². The number of aliphatic hydroxyl groups is 2. The minimum Gasteiger partial charge on any atom is -0.396 e. The average Bonchev–Trinajstić information content (AvgIpc) is 2.59. The van der Waals surface area contributed by atoms with Crippen LogP contribution >= 0.6 is 0 Å². The number of nitrogens with one attached hydrogen (secondary N) is 1. The molecule has 2 aromatic carbocycles. The lowest BCUT2D eigenvalue weighted by atomic mass is 9.92. The molecule has 2 rings (SSSR count). The molecule has 2 aromatic rings. The summed E-state index contributed by atoms with van der Waals surface area (Å²) in [6.45, 7) is 1.73. The van der Waals surface area contributed by atoms with Gasteiger partial charge in [0.2, 0.25) is 5.91 Å². The standard InChI is InChI=1S/C20H25NO3/c1-20(24,17-11-6-3-7-12-17)15-19(23)21-18(13-8-14-22)16-9-4-2-5-10-16/h2-7,9-12,18,22,24H,8,13-15H2,1H3,(H,21,23). The predicted octanol–water partition coefficient (Wildman–Crippen LogP) is 2.91. The Balaban J connectivity index is 2.05. The molecular formula is C20H25NO3. The van der Waals surface area contributed by atoms with Crippen LogP contribution in [0.1, 0.15) is 43.4 Å². The zero-order valence-corrected chi connectivity index (χ0v) is 14.0. The maximum Gasteiger partial charge on any atom is 0.223 e. The van der Waals surface area contributed by atoms with Crippen LogP contribution in [0.3, 0.4) is 0 Å². The molecule has 0 radical (unpaired) electrons. The van der Waals surface area contributed by atoms with Gasteiger partial charge >= 0.3 is 0 Å². The van der Waals surface area contributed by atoms with Crippen LogP contribution in [0, 0.1) is 0 Å². The maximum atomic E-state index is 12.4. The second-order valence-electron chi connectivity index (χ2n) is 6.21. The summed E-state index contributed by atoms with van der Waals surface area (Å²) in [6.07, 6.45) is 1.24. The Kier molecular flexibility index (Phi) is 6.53. The molecule has 0 saturated heterocycles. The summed E-state index contributed by atoms with van der Waals surface area (Å²) in [5.74, 6) is -0.212. The number of hydrogen-bond donors (Lipinski definition) is 3. The predicted molar refractivity (Wildman–Crippen MR) is 94.3 cm³/mol. The van der Waals surface area contributed by atoms with Crippen LogP contribution in [0.5, 0.6) is 0 Å². The van der Waals surface area contributed by atoms with E-state index < -0.39 is 5.60 Å². The minimum atomic E-state index is -1.22. The Bertz CT molecular complexity index is 626. The van der Waals surface area contributed by atoms with Crippen LogP contribution in [0.15, 0.2) is 60.7 Å². The minimum absolute atomic E-state index is 0.0144. The largest absolute Gasteiger partial charge is 0.396 e. The van der Waals surface area contributed by atoms with Gasteiger partial charge in [-0.05, 0) is 30.9 Å². The molecule has 1 amide bonds. The van der Waals surface area contributed by atoms with Crippen molar-refractivity contribution in [3.8, 4) is 0 Å². The van der Waals surface area contributed by atoms with Gasteiger partial charge in [0.25, 0.3) is 0 Å². The van der Waals surface area contributed by atoms with Gasteiger partial charge in [0.1, 0.15) is 0 Å². The molecule has 0 aliphatic carbocycles. The monoisotopic (exact) mass is 327 g/mol. The molecule has 0 aliphatic rings. The van der Waals surface area contributed by atoms with Crippen LogP contribution < -0.4 is 5.32 Å². The van der Waals surface area contributed by atoms with Gasteiger partial charge in [-0.25, -0.2) is 0 Å². The lowest BCUT2D eigenvalue weighted by Crippen LogP contribution is -2.35. The first-order chi connectivity index (χ1) is 11.5. The molecule has 4 heteroatoms. The van der Waals surface area contributed by atoms with E-state index in [-0.39, 0.29) is 25.0 Å². The molecule has 128 valence electrons. The fourth-order valence-corrected chi connectivity index (χ4v) is 2.76. The van der Waals surface area contributed by atoms with E-state index >= 15 is 0 Å². The highest BCUT2D eigenvalue weighted by Crippen LogP contribution is 2.25. The molecule has 2 unspecified atom stereocenters. The van der Waals surface area contributed by atoms with Gasteiger partial charge in [0, 0.05) is 6.61 Å². The van der Waals surface area contributed by atoms with Crippen LogP contribution in [0.2, 0.25) is 0 Å². The maximum absolute atomic E-state index is 12.4. The number of carbonyl (C=O) groups is 1. The van der Waals surface area contributed by atoms with E-state index in [1.165, 1.54) is 0 Å². The van der Waals surface area contributed by atoms with E-state index in [0.717, 1.165) is 5.56 Å². The first kappa shape index (κ1) is 18.2. The lowest BCUT2D eigenvalue weighted by Gasteiger charge is -2.25. The van der Waals surface area contributed by atoms with Crippen molar-refractivity contribution in [3.63, 3.8) is 0 Å². The molecule has 0 aliphatic heterocycles. The van der Waals surface area contributed by atoms with Crippen LogP contribution in [-0.2, 0) is 10.4 Å². The molecule has 0 heterocycles. The van der Waals surface area contributed by atoms with Crippen LogP contribution in [0.4, 0.5) is 0 Å². The van der Waals surface area contributed by atoms with Crippen molar-refractivity contribution in [2.45, 2.75) is 37.8 Å². The summed E-state index contributed by atoms with van der Waals surface area (Å²) in [5.41, 5.74) is 0.495. The van der Waals surface area contributed by atoms with Gasteiger partial charge in [-0.3, -0.25) is 4.79 Å². The van der Waals surface area contributed by atoms with Crippen molar-refractivity contribution >= 4 is 5.91 Å². The van der Waals surface area contributed by atoms with Gasteiger partial charge in [0.05, 0.1) is 18.1 Å². The molecule has 0 saturated carbocycles. The lowest BCUT2D eigenvalue weighted by molar-refractivity contribution is -0.126. The van der Waals surface area contributed by atoms with Crippen molar-refractivity contribution in [1.82, 2.24) is 5.32 Å². The second-order valence-corrected chi connectivity index (χ2v) is 6.21. The average molecular weight is 327 g/mol. The molecule has 4 nitrogen and oxygen atoms in total. The summed E-state index contributed by atoms with van der Waals surface area (Å²) in [7, 11) is 0. The van der Waals surface area contributed by atoms with Gasteiger partial charge < -0.3 is 15.5 Å². The van der Waals surface area contributed by atoms with Crippen molar-refractivity contribution in [2.24, 2.45) is 0 Å². The highest BCUT2D eigenvalue weighted by atomic mass is 16.3. The van der Waals surface area contributed by atoms with Crippen molar-refractivity contribution < 1.29 is 15.0 Å². The van der Waals surface area contributed by atoms with Crippen molar-refractivity contribution in [2.75, 3.05) is 6.61 Å². The smallest absolute Gasteiger partial charge is 0.223 e. The highest BCUT2D eigenvalue weighted by molar-refractivity contribution is 5.77. The fourth-order valence-electron chi connectivity index (χ4n) is 2.76. The van der Waals surface area contributed by atoms with Crippen molar-refractivity contribution in [1.29, 1.82) is 0 Å². The summed E-state index contributed by atoms with van der Waals surface area (Å²) in [4.78, 5) is 12.4. The van der Waals surface area contributed by atoms with Gasteiger partial charge in [-0.15, -0.1) is 0 Å². The summed E-state index contributed by atoms with van der Waals surface area (Å²) < 4.78 is 0. The zero-order chi connectivity index (χ0) is 17.4. The topological polar surface area (TPSA) is 69.6 Å². The Morgan fingerprint density at radius 3 is 2.25 bits per heavy atom. The molecule has 0 aromatic heterocycles. The van der Waals surface area contributed by atoms with Crippen LogP contribution in [0.25, 0.3) is 0 Å². The summed E-state index contributed by atoms with van der Waals surface area (Å²) in [6, 6.07) is 18.7. The van der Waals surface area contributed by atoms with Gasteiger partial charge in [0.15, 0.2) is 0 Å². The second kappa shape index (κ2) is 8.62. The molecular weight excluding hydrogens is 302 g/mol.